The first-order chi connectivity index (χ1) is 11.9. The molecule has 0 aromatic heterocycles. The van der Waals surface area contributed by atoms with Crippen molar-refractivity contribution in [2.45, 2.75) is 38.8 Å². The second kappa shape index (κ2) is 9.06. The van der Waals surface area contributed by atoms with Crippen LogP contribution in [0.15, 0.2) is 18.2 Å². The first-order valence-corrected chi connectivity index (χ1v) is 8.87. The van der Waals surface area contributed by atoms with E-state index in [2.05, 4.69) is 10.2 Å². The Kier molecular flexibility index (Phi) is 7.08. The summed E-state index contributed by atoms with van der Waals surface area (Å²) in [5.41, 5.74) is 1.06. The number of nitrogens with zero attached hydrogens (tertiary/aromatic N) is 1. The predicted molar refractivity (Wildman–Crippen MR) is 95.9 cm³/mol. The van der Waals surface area contributed by atoms with Crippen molar-refractivity contribution in [1.29, 1.82) is 0 Å². The fourth-order valence-electron chi connectivity index (χ4n) is 2.95. The number of amides is 1. The van der Waals surface area contributed by atoms with Gasteiger partial charge in [0.05, 0.1) is 5.02 Å². The van der Waals surface area contributed by atoms with Crippen LogP contribution in [0.2, 0.25) is 5.02 Å². The van der Waals surface area contributed by atoms with E-state index in [1.807, 2.05) is 12.1 Å². The summed E-state index contributed by atoms with van der Waals surface area (Å²) in [6.07, 6.45) is 1.68. The number of hydrogen-bond acceptors (Lipinski definition) is 4. The number of carboxylic acids is 1. The van der Waals surface area contributed by atoms with Gasteiger partial charge in [-0.1, -0.05) is 17.7 Å². The van der Waals surface area contributed by atoms with Gasteiger partial charge >= 0.3 is 5.97 Å². The van der Waals surface area contributed by atoms with Crippen LogP contribution in [0.1, 0.15) is 31.7 Å². The summed E-state index contributed by atoms with van der Waals surface area (Å²) >= 11 is 6.21. The van der Waals surface area contributed by atoms with E-state index in [0.29, 0.717) is 23.1 Å². The summed E-state index contributed by atoms with van der Waals surface area (Å²) in [5, 5.41) is 12.0. The minimum Gasteiger partial charge on any atom is -0.479 e. The average molecular weight is 369 g/mol. The van der Waals surface area contributed by atoms with Gasteiger partial charge in [-0.25, -0.2) is 4.79 Å². The third kappa shape index (κ3) is 5.90. The van der Waals surface area contributed by atoms with Crippen molar-refractivity contribution < 1.29 is 19.4 Å². The molecule has 6 nitrogen and oxygen atoms in total. The molecule has 1 aliphatic heterocycles. The Morgan fingerprint density at radius 2 is 2.08 bits per heavy atom. The van der Waals surface area contributed by atoms with Gasteiger partial charge < -0.3 is 15.2 Å². The number of benzene rings is 1. The number of nitrogens with one attached hydrogen (secondary N) is 1. The van der Waals surface area contributed by atoms with Crippen LogP contribution in [0.3, 0.4) is 0 Å². The Morgan fingerprint density at radius 1 is 1.40 bits per heavy atom. The molecule has 1 aliphatic rings. The molecule has 25 heavy (non-hydrogen) atoms. The molecule has 0 bridgehead atoms. The number of rotatable bonds is 7. The van der Waals surface area contributed by atoms with Crippen LogP contribution < -0.4 is 10.1 Å². The molecule has 0 unspecified atom stereocenters. The number of halogens is 1. The third-order valence-electron chi connectivity index (χ3n) is 4.51. The van der Waals surface area contributed by atoms with E-state index in [-0.39, 0.29) is 5.91 Å². The number of piperidine rings is 1. The molecule has 1 saturated heterocycles. The SMILES string of the molecule is CNC(=O)CC1CCN(Cc2ccc(O[C@H](C)C(=O)O)c(Cl)c2)CC1. The molecule has 0 radical (unpaired) electrons. The second-order valence-corrected chi connectivity index (χ2v) is 6.87. The minimum atomic E-state index is -1.03. The maximum atomic E-state index is 11.5. The van der Waals surface area contributed by atoms with Crippen LogP contribution in [0.5, 0.6) is 5.75 Å². The molecule has 0 aliphatic carbocycles. The molecule has 138 valence electrons. The maximum absolute atomic E-state index is 11.5. The van der Waals surface area contributed by atoms with Gasteiger partial charge in [0.15, 0.2) is 6.10 Å². The summed E-state index contributed by atoms with van der Waals surface area (Å²) in [7, 11) is 1.67. The Labute approximate surface area is 153 Å². The first kappa shape index (κ1) is 19.5. The van der Waals surface area contributed by atoms with Crippen LogP contribution in [-0.4, -0.2) is 48.1 Å². The van der Waals surface area contributed by atoms with Crippen molar-refractivity contribution in [2.75, 3.05) is 20.1 Å². The Bertz CT molecular complexity index is 615. The van der Waals surface area contributed by atoms with Crippen molar-refractivity contribution in [1.82, 2.24) is 10.2 Å². The van der Waals surface area contributed by atoms with Crippen molar-refractivity contribution in [2.24, 2.45) is 5.92 Å². The van der Waals surface area contributed by atoms with E-state index in [0.717, 1.165) is 38.0 Å². The van der Waals surface area contributed by atoms with E-state index < -0.39 is 12.1 Å². The summed E-state index contributed by atoms with van der Waals surface area (Å²) in [6, 6.07) is 5.45. The summed E-state index contributed by atoms with van der Waals surface area (Å²) in [5.74, 6) is -0.0890. The average Bonchev–Trinajstić information content (AvgIpc) is 2.58. The van der Waals surface area contributed by atoms with Gasteiger partial charge in [-0.05, 0) is 56.5 Å². The molecule has 0 saturated carbocycles. The molecular weight excluding hydrogens is 344 g/mol. The maximum Gasteiger partial charge on any atom is 0.344 e. The van der Waals surface area contributed by atoms with Crippen LogP contribution >= 0.6 is 11.6 Å². The highest BCUT2D eigenvalue weighted by molar-refractivity contribution is 6.32. The zero-order chi connectivity index (χ0) is 18.4. The molecular formula is C18H25ClN2O4. The lowest BCUT2D eigenvalue weighted by atomic mass is 9.93. The van der Waals surface area contributed by atoms with Gasteiger partial charge in [0, 0.05) is 20.0 Å². The second-order valence-electron chi connectivity index (χ2n) is 6.46. The topological polar surface area (TPSA) is 78.9 Å². The quantitative estimate of drug-likeness (QED) is 0.773. The smallest absolute Gasteiger partial charge is 0.344 e. The largest absolute Gasteiger partial charge is 0.479 e. The van der Waals surface area contributed by atoms with Crippen LogP contribution in [-0.2, 0) is 16.1 Å². The lowest BCUT2D eigenvalue weighted by molar-refractivity contribution is -0.144. The number of carbonyl (C=O) groups excluding carboxylic acids is 1. The van der Waals surface area contributed by atoms with Gasteiger partial charge in [-0.15, -0.1) is 0 Å². The molecule has 1 atom stereocenters. The van der Waals surface area contributed by atoms with Gasteiger partial charge in [-0.3, -0.25) is 9.69 Å². The van der Waals surface area contributed by atoms with Crippen LogP contribution in [0.25, 0.3) is 0 Å². The first-order valence-electron chi connectivity index (χ1n) is 8.50. The van der Waals surface area contributed by atoms with E-state index in [4.69, 9.17) is 21.4 Å². The lowest BCUT2D eigenvalue weighted by Gasteiger charge is -2.31. The van der Waals surface area contributed by atoms with Crippen LogP contribution in [0.4, 0.5) is 0 Å². The highest BCUT2D eigenvalue weighted by Crippen LogP contribution is 2.28. The predicted octanol–water partition coefficient (Wildman–Crippen LogP) is 2.54. The van der Waals surface area contributed by atoms with Crippen molar-refractivity contribution >= 4 is 23.5 Å². The fourth-order valence-corrected chi connectivity index (χ4v) is 3.20. The zero-order valence-electron chi connectivity index (χ0n) is 14.6. The van der Waals surface area contributed by atoms with Gasteiger partial charge in [0.25, 0.3) is 0 Å². The van der Waals surface area contributed by atoms with E-state index >= 15 is 0 Å². The third-order valence-corrected chi connectivity index (χ3v) is 4.81. The standard InChI is InChI=1S/C18H25ClN2O4/c1-12(18(23)24)25-16-4-3-14(9-15(16)19)11-21-7-5-13(6-8-21)10-17(22)20-2/h3-4,9,12-13H,5-8,10-11H2,1-2H3,(H,20,22)(H,23,24)/t12-/m1/s1. The van der Waals surface area contributed by atoms with Crippen molar-refractivity contribution in [3.63, 3.8) is 0 Å². The lowest BCUT2D eigenvalue weighted by Crippen LogP contribution is -2.35. The number of ether oxygens (including phenoxy) is 1. The molecule has 0 spiro atoms. The number of aliphatic carboxylic acids is 1. The number of carboxylic acid groups (broad SMARTS) is 1. The van der Waals surface area contributed by atoms with E-state index in [1.54, 1.807) is 13.1 Å². The van der Waals surface area contributed by atoms with Crippen LogP contribution in [0, 0.1) is 5.92 Å². The molecule has 2 rings (SSSR count). The Morgan fingerprint density at radius 3 is 2.64 bits per heavy atom. The molecule has 1 heterocycles. The van der Waals surface area contributed by atoms with E-state index in [1.165, 1.54) is 6.92 Å². The molecule has 1 amide bonds. The summed E-state index contributed by atoms with van der Waals surface area (Å²) in [4.78, 5) is 24.6. The fraction of sp³-hybridized carbons (Fsp3) is 0.556. The number of hydrogen-bond donors (Lipinski definition) is 2. The molecule has 1 aromatic carbocycles. The van der Waals surface area contributed by atoms with Crippen molar-refractivity contribution in [3.8, 4) is 5.75 Å². The molecule has 2 N–H and O–H groups in total. The summed E-state index contributed by atoms with van der Waals surface area (Å²) in [6.45, 7) is 4.15. The Hall–Kier alpha value is -1.79. The summed E-state index contributed by atoms with van der Waals surface area (Å²) < 4.78 is 5.33. The minimum absolute atomic E-state index is 0.108. The Balaban J connectivity index is 1.86. The monoisotopic (exact) mass is 368 g/mol. The zero-order valence-corrected chi connectivity index (χ0v) is 15.4. The highest BCUT2D eigenvalue weighted by atomic mass is 35.5. The molecule has 1 aromatic rings. The van der Waals surface area contributed by atoms with Gasteiger partial charge in [0.2, 0.25) is 5.91 Å². The van der Waals surface area contributed by atoms with E-state index in [9.17, 15) is 9.59 Å². The van der Waals surface area contributed by atoms with Crippen molar-refractivity contribution in [3.05, 3.63) is 28.8 Å². The molecule has 1 fully saturated rings. The van der Waals surface area contributed by atoms with Gasteiger partial charge in [-0.2, -0.15) is 0 Å². The normalized spacial score (nSPS) is 17.1. The van der Waals surface area contributed by atoms with Gasteiger partial charge in [0.1, 0.15) is 5.75 Å². The number of carbonyl (C=O) groups is 2. The molecule has 7 heteroatoms. The highest BCUT2D eigenvalue weighted by Gasteiger charge is 2.21. The number of likely N-dealkylation sites (tertiary alicyclic amines) is 1.